The lowest BCUT2D eigenvalue weighted by molar-refractivity contribution is -0.145. The van der Waals surface area contributed by atoms with E-state index in [2.05, 4.69) is 9.64 Å². The first-order valence-corrected chi connectivity index (χ1v) is 5.25. The molecule has 0 aliphatic carbocycles. The van der Waals surface area contributed by atoms with Crippen LogP contribution in [-0.4, -0.2) is 60.4 Å². The van der Waals surface area contributed by atoms with Crippen molar-refractivity contribution in [1.29, 1.82) is 0 Å². The summed E-state index contributed by atoms with van der Waals surface area (Å²) in [6.45, 7) is 2.94. The summed E-state index contributed by atoms with van der Waals surface area (Å²) in [6.07, 6.45) is 1.66. The number of hydrogen-bond donors (Lipinski definition) is 2. The van der Waals surface area contributed by atoms with E-state index < -0.39 is 12.1 Å². The number of likely N-dealkylation sites (N-methyl/N-ethyl adjacent to an activating group) is 1. The van der Waals surface area contributed by atoms with Crippen molar-refractivity contribution in [1.82, 2.24) is 4.90 Å². The monoisotopic (exact) mass is 245 g/mol. The summed E-state index contributed by atoms with van der Waals surface area (Å²) in [4.78, 5) is 22.5. The van der Waals surface area contributed by atoms with Gasteiger partial charge in [0.05, 0.1) is 7.11 Å². The first kappa shape index (κ1) is 15.6. The van der Waals surface area contributed by atoms with E-state index in [1.54, 1.807) is 0 Å². The second-order valence-electron chi connectivity index (χ2n) is 3.76. The highest BCUT2D eigenvalue weighted by Gasteiger charge is 2.14. The van der Waals surface area contributed by atoms with Crippen molar-refractivity contribution in [3.63, 3.8) is 0 Å². The maximum Gasteiger partial charge on any atom is 0.334 e. The molecule has 0 saturated heterocycles. The summed E-state index contributed by atoms with van der Waals surface area (Å²) in [5.41, 5.74) is 0.779. The van der Waals surface area contributed by atoms with Gasteiger partial charge in [0.1, 0.15) is 6.10 Å². The van der Waals surface area contributed by atoms with Gasteiger partial charge in [0.2, 0.25) is 0 Å². The Kier molecular flexibility index (Phi) is 7.16. The molecule has 98 valence electrons. The van der Waals surface area contributed by atoms with Gasteiger partial charge < -0.3 is 19.8 Å². The molecule has 0 fully saturated rings. The van der Waals surface area contributed by atoms with Gasteiger partial charge in [-0.3, -0.25) is 0 Å². The Hall–Kier alpha value is -1.40. The van der Waals surface area contributed by atoms with Crippen LogP contribution in [0, 0.1) is 0 Å². The van der Waals surface area contributed by atoms with Crippen LogP contribution in [0.5, 0.6) is 0 Å². The lowest BCUT2D eigenvalue weighted by atomic mass is 10.1. The number of carbonyl (C=O) groups is 2. The molecule has 0 aromatic heterocycles. The summed E-state index contributed by atoms with van der Waals surface area (Å²) < 4.78 is 4.60. The number of rotatable bonds is 2. The van der Waals surface area contributed by atoms with Crippen molar-refractivity contribution in [2.24, 2.45) is 0 Å². The van der Waals surface area contributed by atoms with Crippen LogP contribution in [0.1, 0.15) is 13.3 Å². The molecule has 0 saturated carbocycles. The number of aliphatic hydroxyl groups excluding tert-OH is 1. The molecule has 0 radical (unpaired) electrons. The van der Waals surface area contributed by atoms with Gasteiger partial charge in [-0.05, 0) is 20.4 Å². The third kappa shape index (κ3) is 6.70. The van der Waals surface area contributed by atoms with Gasteiger partial charge in [-0.25, -0.2) is 9.59 Å². The van der Waals surface area contributed by atoms with E-state index in [1.807, 2.05) is 13.1 Å². The van der Waals surface area contributed by atoms with Crippen LogP contribution in [0.3, 0.4) is 0 Å². The molecular formula is C11H19NO5. The van der Waals surface area contributed by atoms with Crippen LogP contribution in [-0.2, 0) is 14.3 Å². The molecule has 6 nitrogen and oxygen atoms in total. The largest absolute Gasteiger partial charge is 0.479 e. The molecule has 1 rings (SSSR count). The molecule has 1 aliphatic rings. The number of nitrogens with zero attached hydrogens (tertiary/aromatic N) is 1. The summed E-state index contributed by atoms with van der Waals surface area (Å²) >= 11 is 0. The summed E-state index contributed by atoms with van der Waals surface area (Å²) in [5.74, 6) is -1.38. The zero-order valence-electron chi connectivity index (χ0n) is 10.3. The normalized spacial score (nSPS) is 17.3. The van der Waals surface area contributed by atoms with Crippen LogP contribution >= 0.6 is 0 Å². The molecule has 0 amide bonds. The second-order valence-corrected chi connectivity index (χ2v) is 3.76. The number of methoxy groups -OCH3 is 1. The highest BCUT2D eigenvalue weighted by Crippen LogP contribution is 2.08. The first-order valence-electron chi connectivity index (χ1n) is 5.25. The number of carbonyl (C=O) groups excluding carboxylic acids is 1. The summed E-state index contributed by atoms with van der Waals surface area (Å²) in [7, 11) is 3.41. The van der Waals surface area contributed by atoms with E-state index in [0.29, 0.717) is 6.54 Å². The molecule has 1 atom stereocenters. The standard InChI is InChI=1S/C8H13NO2.C3H6O3/c1-9-5-3-4-7(6-9)8(10)11-2;1-2(4)3(5)6/h4H,3,5-6H2,1-2H3;2,4H,1H3,(H,5,6). The molecule has 2 N–H and O–H groups in total. The van der Waals surface area contributed by atoms with Crippen LogP contribution in [0.25, 0.3) is 0 Å². The third-order valence-corrected chi connectivity index (χ3v) is 2.15. The van der Waals surface area contributed by atoms with Crippen molar-refractivity contribution < 1.29 is 24.5 Å². The number of hydrogen-bond acceptors (Lipinski definition) is 5. The first-order chi connectivity index (χ1) is 7.88. The third-order valence-electron chi connectivity index (χ3n) is 2.15. The van der Waals surface area contributed by atoms with Crippen molar-refractivity contribution in [3.8, 4) is 0 Å². The fraction of sp³-hybridized carbons (Fsp3) is 0.636. The smallest absolute Gasteiger partial charge is 0.334 e. The molecule has 0 spiro atoms. The number of esters is 1. The fourth-order valence-electron chi connectivity index (χ4n) is 1.17. The predicted molar refractivity (Wildman–Crippen MR) is 61.5 cm³/mol. The Morgan fingerprint density at radius 3 is 2.41 bits per heavy atom. The Bertz CT molecular complexity index is 298. The van der Waals surface area contributed by atoms with Crippen molar-refractivity contribution in [2.75, 3.05) is 27.2 Å². The van der Waals surface area contributed by atoms with Crippen molar-refractivity contribution >= 4 is 11.9 Å². The summed E-state index contributed by atoms with van der Waals surface area (Å²) in [6, 6.07) is 0. The number of carboxylic acids is 1. The molecule has 0 aromatic rings. The average molecular weight is 245 g/mol. The molecule has 0 aromatic carbocycles. The zero-order valence-corrected chi connectivity index (χ0v) is 10.3. The molecular weight excluding hydrogens is 226 g/mol. The van der Waals surface area contributed by atoms with E-state index in [9.17, 15) is 9.59 Å². The second kappa shape index (κ2) is 7.81. The van der Waals surface area contributed by atoms with E-state index in [4.69, 9.17) is 10.2 Å². The van der Waals surface area contributed by atoms with Crippen LogP contribution in [0.2, 0.25) is 0 Å². The SMILES string of the molecule is CC(O)C(=O)O.COC(=O)C1=CCCN(C)C1. The maximum atomic E-state index is 11.0. The number of aliphatic carboxylic acids is 1. The Morgan fingerprint density at radius 1 is 1.53 bits per heavy atom. The molecule has 1 unspecified atom stereocenters. The number of ether oxygens (including phenoxy) is 1. The van der Waals surface area contributed by atoms with Gasteiger partial charge in [-0.15, -0.1) is 0 Å². The van der Waals surface area contributed by atoms with Crippen LogP contribution in [0.4, 0.5) is 0 Å². The van der Waals surface area contributed by atoms with Gasteiger partial charge in [0, 0.05) is 18.7 Å². The maximum absolute atomic E-state index is 11.0. The Balaban J connectivity index is 0.000000366. The lowest BCUT2D eigenvalue weighted by Gasteiger charge is -2.21. The lowest BCUT2D eigenvalue weighted by Crippen LogP contribution is -2.28. The zero-order chi connectivity index (χ0) is 13.4. The van der Waals surface area contributed by atoms with Gasteiger partial charge in [0.25, 0.3) is 0 Å². The minimum atomic E-state index is -1.23. The Morgan fingerprint density at radius 2 is 2.06 bits per heavy atom. The molecule has 17 heavy (non-hydrogen) atoms. The van der Waals surface area contributed by atoms with Crippen LogP contribution < -0.4 is 0 Å². The molecule has 0 bridgehead atoms. The van der Waals surface area contributed by atoms with Gasteiger partial charge >= 0.3 is 11.9 Å². The van der Waals surface area contributed by atoms with Crippen LogP contribution in [0.15, 0.2) is 11.6 Å². The quantitative estimate of drug-likeness (QED) is 0.659. The van der Waals surface area contributed by atoms with E-state index in [1.165, 1.54) is 14.0 Å². The predicted octanol–water partition coefficient (Wildman–Crippen LogP) is -0.127. The molecule has 1 heterocycles. The van der Waals surface area contributed by atoms with Gasteiger partial charge in [-0.2, -0.15) is 0 Å². The van der Waals surface area contributed by atoms with E-state index in [-0.39, 0.29) is 5.97 Å². The number of aliphatic hydroxyl groups is 1. The fourth-order valence-corrected chi connectivity index (χ4v) is 1.17. The molecule has 6 heteroatoms. The average Bonchev–Trinajstić information content (AvgIpc) is 2.28. The molecule has 1 aliphatic heterocycles. The van der Waals surface area contributed by atoms with E-state index in [0.717, 1.165) is 18.5 Å². The highest BCUT2D eigenvalue weighted by atomic mass is 16.5. The number of carboxylic acid groups (broad SMARTS) is 1. The van der Waals surface area contributed by atoms with Crippen molar-refractivity contribution in [2.45, 2.75) is 19.4 Å². The highest BCUT2D eigenvalue weighted by molar-refractivity contribution is 5.88. The minimum absolute atomic E-state index is 0.198. The van der Waals surface area contributed by atoms with Gasteiger partial charge in [-0.1, -0.05) is 6.08 Å². The topological polar surface area (TPSA) is 87.1 Å². The van der Waals surface area contributed by atoms with Crippen molar-refractivity contribution in [3.05, 3.63) is 11.6 Å². The van der Waals surface area contributed by atoms with E-state index >= 15 is 0 Å². The summed E-state index contributed by atoms with van der Waals surface area (Å²) in [5, 5.41) is 15.8. The minimum Gasteiger partial charge on any atom is -0.479 e. The Labute approximate surface area is 100 Å². The van der Waals surface area contributed by atoms with Gasteiger partial charge in [0.15, 0.2) is 0 Å².